The van der Waals surface area contributed by atoms with Gasteiger partial charge in [-0.3, -0.25) is 0 Å². The molecule has 1 aromatic carbocycles. The number of fused-ring (bicyclic) bond motifs is 1. The Morgan fingerprint density at radius 2 is 2.24 bits per heavy atom. The Hall–Kier alpha value is -2.24. The summed E-state index contributed by atoms with van der Waals surface area (Å²) in [7, 11) is 0. The molecule has 0 aliphatic carbocycles. The van der Waals surface area contributed by atoms with E-state index in [-0.39, 0.29) is 18.2 Å². The van der Waals surface area contributed by atoms with Crippen LogP contribution in [-0.2, 0) is 4.74 Å². The summed E-state index contributed by atoms with van der Waals surface area (Å²) < 4.78 is 17.2. The number of allylic oxidation sites excluding steroid dienone is 2. The number of rotatable bonds is 5. The molecule has 1 N–H and O–H groups in total. The first-order valence-electron chi connectivity index (χ1n) is 8.65. The zero-order valence-electron chi connectivity index (χ0n) is 14.4. The molecule has 2 aliphatic rings. The van der Waals surface area contributed by atoms with Crippen LogP contribution in [0.2, 0.25) is 0 Å². The summed E-state index contributed by atoms with van der Waals surface area (Å²) in [5, 5.41) is 11.0. The topological polar surface area (TPSA) is 55.1 Å². The van der Waals surface area contributed by atoms with Crippen LogP contribution in [0.15, 0.2) is 53.1 Å². The Labute approximate surface area is 147 Å². The quantitative estimate of drug-likeness (QED) is 0.906. The summed E-state index contributed by atoms with van der Waals surface area (Å²) in [6.07, 6.45) is 8.97. The van der Waals surface area contributed by atoms with Gasteiger partial charge >= 0.3 is 0 Å². The van der Waals surface area contributed by atoms with E-state index in [1.807, 2.05) is 49.5 Å². The standard InChI is InChI=1S/C20H23NO4/c1-15-10-16-11-18(5-6-19(16)25-15)24-12-17-4-2-3-8-21(17)20(13-22)7-9-23-14-20/h2-6,8,10-11,17,22H,7,9,12-14H2,1H3. The molecule has 0 radical (unpaired) electrons. The van der Waals surface area contributed by atoms with Crippen molar-refractivity contribution < 1.29 is 19.0 Å². The Balaban J connectivity index is 1.49. The van der Waals surface area contributed by atoms with Gasteiger partial charge in [-0.2, -0.15) is 0 Å². The second-order valence-electron chi connectivity index (χ2n) is 6.75. The van der Waals surface area contributed by atoms with E-state index in [9.17, 15) is 5.11 Å². The van der Waals surface area contributed by atoms with Crippen LogP contribution in [-0.4, -0.2) is 48.0 Å². The van der Waals surface area contributed by atoms with E-state index in [1.165, 1.54) is 0 Å². The molecule has 4 rings (SSSR count). The molecule has 3 heterocycles. The largest absolute Gasteiger partial charge is 0.491 e. The summed E-state index contributed by atoms with van der Waals surface area (Å²) in [6, 6.07) is 7.93. The van der Waals surface area contributed by atoms with E-state index in [4.69, 9.17) is 13.9 Å². The molecule has 2 atom stereocenters. The molecule has 1 aromatic heterocycles. The number of aryl methyl sites for hydroxylation is 1. The number of hydrogen-bond donors (Lipinski definition) is 1. The van der Waals surface area contributed by atoms with Crippen molar-refractivity contribution in [3.63, 3.8) is 0 Å². The van der Waals surface area contributed by atoms with Crippen LogP contribution in [0.4, 0.5) is 0 Å². The predicted molar refractivity (Wildman–Crippen MR) is 95.6 cm³/mol. The first kappa shape index (κ1) is 16.2. The van der Waals surface area contributed by atoms with Crippen LogP contribution >= 0.6 is 0 Å². The normalized spacial score (nSPS) is 25.8. The fourth-order valence-electron chi connectivity index (χ4n) is 3.62. The highest BCUT2D eigenvalue weighted by molar-refractivity contribution is 5.79. The number of ether oxygens (including phenoxy) is 2. The molecule has 25 heavy (non-hydrogen) atoms. The van der Waals surface area contributed by atoms with Crippen LogP contribution < -0.4 is 4.74 Å². The van der Waals surface area contributed by atoms with Gasteiger partial charge in [0.05, 0.1) is 24.8 Å². The van der Waals surface area contributed by atoms with E-state index >= 15 is 0 Å². The third kappa shape index (κ3) is 3.05. The van der Waals surface area contributed by atoms with Crippen LogP contribution in [0.1, 0.15) is 12.2 Å². The lowest BCUT2D eigenvalue weighted by Gasteiger charge is -2.43. The minimum absolute atomic E-state index is 0.0561. The van der Waals surface area contributed by atoms with E-state index in [0.29, 0.717) is 19.8 Å². The van der Waals surface area contributed by atoms with Gasteiger partial charge in [0.25, 0.3) is 0 Å². The maximum absolute atomic E-state index is 9.96. The molecule has 0 saturated carbocycles. The summed E-state index contributed by atoms with van der Waals surface area (Å²) in [5.41, 5.74) is 0.510. The van der Waals surface area contributed by atoms with Crippen molar-refractivity contribution in [3.8, 4) is 5.75 Å². The number of benzene rings is 1. The lowest BCUT2D eigenvalue weighted by molar-refractivity contribution is 0.0237. The Morgan fingerprint density at radius 3 is 3.04 bits per heavy atom. The summed E-state index contributed by atoms with van der Waals surface area (Å²) in [4.78, 5) is 2.18. The fourth-order valence-corrected chi connectivity index (χ4v) is 3.62. The third-order valence-corrected chi connectivity index (χ3v) is 5.00. The maximum atomic E-state index is 9.96. The zero-order chi connectivity index (χ0) is 17.3. The lowest BCUT2D eigenvalue weighted by atomic mass is 9.94. The number of aliphatic hydroxyl groups excluding tert-OH is 1. The smallest absolute Gasteiger partial charge is 0.134 e. The first-order chi connectivity index (χ1) is 12.2. The molecule has 0 bridgehead atoms. The molecule has 2 aliphatic heterocycles. The highest BCUT2D eigenvalue weighted by atomic mass is 16.5. The summed E-state index contributed by atoms with van der Waals surface area (Å²) in [6.45, 7) is 3.74. The maximum Gasteiger partial charge on any atom is 0.134 e. The van der Waals surface area contributed by atoms with Crippen LogP contribution in [0.25, 0.3) is 11.0 Å². The average molecular weight is 341 g/mol. The van der Waals surface area contributed by atoms with Gasteiger partial charge in [-0.1, -0.05) is 12.2 Å². The van der Waals surface area contributed by atoms with Gasteiger partial charge in [0, 0.05) is 18.2 Å². The monoisotopic (exact) mass is 341 g/mol. The van der Waals surface area contributed by atoms with Gasteiger partial charge in [0.2, 0.25) is 0 Å². The Morgan fingerprint density at radius 1 is 1.32 bits per heavy atom. The minimum Gasteiger partial charge on any atom is -0.491 e. The van der Waals surface area contributed by atoms with Crippen molar-refractivity contribution >= 4 is 11.0 Å². The molecule has 1 saturated heterocycles. The Bertz CT molecular complexity index is 801. The molecule has 0 amide bonds. The van der Waals surface area contributed by atoms with Crippen molar-refractivity contribution in [1.29, 1.82) is 0 Å². The van der Waals surface area contributed by atoms with Gasteiger partial charge in [0.1, 0.15) is 23.7 Å². The third-order valence-electron chi connectivity index (χ3n) is 5.00. The first-order valence-corrected chi connectivity index (χ1v) is 8.65. The van der Waals surface area contributed by atoms with Crippen molar-refractivity contribution in [3.05, 3.63) is 54.5 Å². The van der Waals surface area contributed by atoms with Crippen molar-refractivity contribution in [1.82, 2.24) is 4.90 Å². The highest BCUT2D eigenvalue weighted by Crippen LogP contribution is 2.31. The zero-order valence-corrected chi connectivity index (χ0v) is 14.4. The number of hydrogen-bond acceptors (Lipinski definition) is 5. The van der Waals surface area contributed by atoms with E-state index in [1.54, 1.807) is 0 Å². The molecular formula is C20H23NO4. The van der Waals surface area contributed by atoms with E-state index in [0.717, 1.165) is 28.9 Å². The van der Waals surface area contributed by atoms with Crippen LogP contribution in [0.3, 0.4) is 0 Å². The molecule has 0 spiro atoms. The van der Waals surface area contributed by atoms with Crippen molar-refractivity contribution in [2.45, 2.75) is 24.9 Å². The van der Waals surface area contributed by atoms with Crippen molar-refractivity contribution in [2.75, 3.05) is 26.4 Å². The lowest BCUT2D eigenvalue weighted by Crippen LogP contribution is -2.55. The molecule has 5 heteroatoms. The van der Waals surface area contributed by atoms with Crippen molar-refractivity contribution in [2.24, 2.45) is 0 Å². The number of nitrogens with zero attached hydrogens (tertiary/aromatic N) is 1. The number of furan rings is 1. The predicted octanol–water partition coefficient (Wildman–Crippen LogP) is 3.03. The second-order valence-corrected chi connectivity index (χ2v) is 6.75. The fraction of sp³-hybridized carbons (Fsp3) is 0.400. The van der Waals surface area contributed by atoms with Gasteiger partial charge in [0.15, 0.2) is 0 Å². The molecule has 2 unspecified atom stereocenters. The minimum atomic E-state index is -0.360. The number of aliphatic hydroxyl groups is 1. The highest BCUT2D eigenvalue weighted by Gasteiger charge is 2.42. The van der Waals surface area contributed by atoms with Gasteiger partial charge in [-0.05, 0) is 43.7 Å². The Kier molecular flexibility index (Phi) is 4.27. The summed E-state index contributed by atoms with van der Waals surface area (Å²) in [5.74, 6) is 1.71. The average Bonchev–Trinajstić information content (AvgIpc) is 3.26. The molecule has 132 valence electrons. The van der Waals surface area contributed by atoms with Gasteiger partial charge in [-0.15, -0.1) is 0 Å². The van der Waals surface area contributed by atoms with E-state index < -0.39 is 0 Å². The van der Waals surface area contributed by atoms with Crippen LogP contribution in [0.5, 0.6) is 5.75 Å². The SMILES string of the molecule is Cc1cc2cc(OCC3C=CC=CN3C3(CO)CCOC3)ccc2o1. The second kappa shape index (κ2) is 6.58. The van der Waals surface area contributed by atoms with Gasteiger partial charge < -0.3 is 23.9 Å². The molecular weight excluding hydrogens is 318 g/mol. The van der Waals surface area contributed by atoms with Gasteiger partial charge in [-0.25, -0.2) is 0 Å². The van der Waals surface area contributed by atoms with E-state index in [2.05, 4.69) is 11.0 Å². The van der Waals surface area contributed by atoms with Crippen LogP contribution in [0, 0.1) is 6.92 Å². The molecule has 2 aromatic rings. The molecule has 1 fully saturated rings. The summed E-state index contributed by atoms with van der Waals surface area (Å²) >= 11 is 0. The molecule has 5 nitrogen and oxygen atoms in total.